The topological polar surface area (TPSA) is 107 Å². The number of halogens is 3. The van der Waals surface area contributed by atoms with E-state index in [4.69, 9.17) is 0 Å². The molecule has 1 aliphatic rings. The predicted octanol–water partition coefficient (Wildman–Crippen LogP) is 2.13. The molecule has 1 heterocycles. The van der Waals surface area contributed by atoms with E-state index in [0.29, 0.717) is 10.9 Å². The number of carbonyl (C=O) groups is 3. The van der Waals surface area contributed by atoms with Gasteiger partial charge in [-0.2, -0.15) is 21.6 Å². The predicted molar refractivity (Wildman–Crippen MR) is 94.0 cm³/mol. The fourth-order valence-electron chi connectivity index (χ4n) is 2.66. The van der Waals surface area contributed by atoms with Gasteiger partial charge in [-0.05, 0) is 23.6 Å². The zero-order valence-corrected chi connectivity index (χ0v) is 15.8. The van der Waals surface area contributed by atoms with Crippen molar-refractivity contribution in [2.45, 2.75) is 12.4 Å². The summed E-state index contributed by atoms with van der Waals surface area (Å²) >= 11 is 0. The highest BCUT2D eigenvalue weighted by Gasteiger charge is 2.51. The van der Waals surface area contributed by atoms with E-state index >= 15 is 0 Å². The average molecular weight is 441 g/mol. The van der Waals surface area contributed by atoms with Crippen LogP contribution in [-0.2, 0) is 23.9 Å². The van der Waals surface area contributed by atoms with Gasteiger partial charge >= 0.3 is 21.6 Å². The molecule has 8 nitrogen and oxygen atoms in total. The Morgan fingerprint density at radius 1 is 1.10 bits per heavy atom. The van der Waals surface area contributed by atoms with E-state index in [1.165, 1.54) is 37.3 Å². The number of hydrogen-bond donors (Lipinski definition) is 0. The van der Waals surface area contributed by atoms with Gasteiger partial charge in [0.1, 0.15) is 0 Å². The van der Waals surface area contributed by atoms with E-state index in [2.05, 4.69) is 20.9 Å². The van der Waals surface area contributed by atoms with Crippen molar-refractivity contribution >= 4 is 38.7 Å². The third-order valence-electron chi connectivity index (χ3n) is 3.90. The average Bonchev–Trinajstić information content (AvgIpc) is 2.66. The number of carbonyl (C=O) groups excluding carboxylic acids is 3. The molecule has 0 radical (unpaired) electrons. The van der Waals surface area contributed by atoms with E-state index in [1.54, 1.807) is 0 Å². The van der Waals surface area contributed by atoms with Crippen molar-refractivity contribution in [1.82, 2.24) is 5.06 Å². The molecule has 30 heavy (non-hydrogen) atoms. The van der Waals surface area contributed by atoms with Gasteiger partial charge in [-0.3, -0.25) is 14.4 Å². The Morgan fingerprint density at radius 2 is 1.73 bits per heavy atom. The number of imide groups is 1. The molecule has 0 bridgehead atoms. The van der Waals surface area contributed by atoms with Crippen LogP contribution in [0.5, 0.6) is 0 Å². The maximum atomic E-state index is 12.6. The molecule has 0 aromatic heterocycles. The highest BCUT2D eigenvalue weighted by molar-refractivity contribution is 7.87. The second kappa shape index (κ2) is 7.43. The minimum Gasteiger partial charge on any atom is -0.453 e. The maximum Gasteiger partial charge on any atom is 0.525 e. The summed E-state index contributed by atoms with van der Waals surface area (Å²) in [5, 5.41) is -0.0391. The van der Waals surface area contributed by atoms with E-state index in [9.17, 15) is 36.0 Å². The molecule has 156 valence electrons. The Bertz CT molecular complexity index is 1230. The van der Waals surface area contributed by atoms with Gasteiger partial charge in [0, 0.05) is 17.9 Å². The molecule has 0 saturated carbocycles. The van der Waals surface area contributed by atoms with Gasteiger partial charge in [-0.1, -0.05) is 24.0 Å². The second-order valence-corrected chi connectivity index (χ2v) is 7.37. The van der Waals surface area contributed by atoms with Gasteiger partial charge in [-0.25, -0.2) is 0 Å². The molecule has 0 fully saturated rings. The molecule has 0 aliphatic carbocycles. The molecular weight excluding hydrogens is 431 g/mol. The van der Waals surface area contributed by atoms with Crippen LogP contribution in [-0.4, -0.2) is 43.4 Å². The zero-order valence-electron chi connectivity index (χ0n) is 14.9. The molecule has 12 heteroatoms. The Labute approximate surface area is 167 Å². The first kappa shape index (κ1) is 21.3. The molecule has 0 N–H and O–H groups in total. The number of rotatable bonds is 3. The summed E-state index contributed by atoms with van der Waals surface area (Å²) in [7, 11) is -6.24. The number of ether oxygens (including phenoxy) is 1. The van der Waals surface area contributed by atoms with Gasteiger partial charge in [0.15, 0.2) is 6.61 Å². The van der Waals surface area contributed by atoms with E-state index in [1.807, 2.05) is 0 Å². The fraction of sp³-hybridized carbons (Fsp3) is 0.167. The summed E-state index contributed by atoms with van der Waals surface area (Å²) in [5.74, 6) is 1.99. The highest BCUT2D eigenvalue weighted by Crippen LogP contribution is 2.34. The first-order valence-electron chi connectivity index (χ1n) is 8.01. The smallest absolute Gasteiger partial charge is 0.453 e. The lowest BCUT2D eigenvalue weighted by Crippen LogP contribution is -2.44. The van der Waals surface area contributed by atoms with Crippen LogP contribution in [0.4, 0.5) is 13.2 Å². The maximum absolute atomic E-state index is 12.6. The number of nitrogens with zero attached hydrogens (tertiary/aromatic N) is 1. The van der Waals surface area contributed by atoms with Crippen molar-refractivity contribution in [3.63, 3.8) is 0 Å². The number of benzene rings is 2. The summed E-state index contributed by atoms with van der Waals surface area (Å²) in [6, 6.07) is 6.62. The molecule has 2 amide bonds. The third kappa shape index (κ3) is 3.72. The lowest BCUT2D eigenvalue weighted by Gasteiger charge is -2.25. The number of esters is 1. The van der Waals surface area contributed by atoms with Gasteiger partial charge in [0.25, 0.3) is 11.8 Å². The van der Waals surface area contributed by atoms with Crippen LogP contribution < -0.4 is 0 Å². The third-order valence-corrected chi connectivity index (χ3v) is 4.81. The number of hydroxylamine groups is 2. The lowest BCUT2D eigenvalue weighted by molar-refractivity contribution is -0.139. The SMILES string of the molecule is CC(=O)OCC#Cc1ccc2c3c(cccc13)C(=O)N(OS(=O)(=O)C(F)(F)F)C2=O. The Balaban J connectivity index is 2.07. The molecule has 0 saturated heterocycles. The summed E-state index contributed by atoms with van der Waals surface area (Å²) in [5.41, 5.74) is -5.98. The number of alkyl halides is 3. The van der Waals surface area contributed by atoms with Crippen LogP contribution in [0.3, 0.4) is 0 Å². The molecule has 0 unspecified atom stereocenters. The normalized spacial score (nSPS) is 13.8. The molecule has 2 aromatic rings. The van der Waals surface area contributed by atoms with Crippen LogP contribution in [0.1, 0.15) is 33.2 Å². The Kier molecular flexibility index (Phi) is 5.27. The summed E-state index contributed by atoms with van der Waals surface area (Å²) < 4.78 is 68.8. The van der Waals surface area contributed by atoms with E-state index < -0.39 is 38.5 Å². The van der Waals surface area contributed by atoms with Crippen molar-refractivity contribution in [2.24, 2.45) is 0 Å². The Morgan fingerprint density at radius 3 is 2.33 bits per heavy atom. The van der Waals surface area contributed by atoms with Gasteiger partial charge in [0.2, 0.25) is 0 Å². The lowest BCUT2D eigenvalue weighted by atomic mass is 9.92. The number of amides is 2. The quantitative estimate of drug-likeness (QED) is 0.311. The summed E-state index contributed by atoms with van der Waals surface area (Å²) in [4.78, 5) is 35.8. The molecule has 3 rings (SSSR count). The minimum atomic E-state index is -6.24. The summed E-state index contributed by atoms with van der Waals surface area (Å²) in [6.45, 7) is 1.00. The molecule has 0 atom stereocenters. The van der Waals surface area contributed by atoms with Crippen molar-refractivity contribution in [3.8, 4) is 11.8 Å². The van der Waals surface area contributed by atoms with Crippen LogP contribution in [0.15, 0.2) is 30.3 Å². The monoisotopic (exact) mass is 441 g/mol. The second-order valence-electron chi connectivity index (χ2n) is 5.85. The first-order chi connectivity index (χ1) is 13.9. The van der Waals surface area contributed by atoms with Crippen LogP contribution in [0.25, 0.3) is 10.8 Å². The van der Waals surface area contributed by atoms with Crippen molar-refractivity contribution in [1.29, 1.82) is 0 Å². The molecule has 0 spiro atoms. The highest BCUT2D eigenvalue weighted by atomic mass is 32.2. The number of hydrogen-bond acceptors (Lipinski definition) is 7. The molecular formula is C18H10F3NO7S. The molecule has 2 aromatic carbocycles. The van der Waals surface area contributed by atoms with Gasteiger partial charge < -0.3 is 4.74 Å². The zero-order chi connectivity index (χ0) is 22.3. The Hall–Kier alpha value is -3.43. The van der Waals surface area contributed by atoms with Crippen LogP contribution in [0.2, 0.25) is 0 Å². The van der Waals surface area contributed by atoms with E-state index in [-0.39, 0.29) is 23.1 Å². The standard InChI is InChI=1S/C18H10F3NO7S/c1-10(23)28-9-3-4-11-7-8-14-15-12(11)5-2-6-13(15)16(24)22(17(14)25)29-30(26,27)18(19,20)21/h2,5-8H,9H2,1H3. The van der Waals surface area contributed by atoms with Crippen molar-refractivity contribution < 1.29 is 45.0 Å². The fourth-order valence-corrected chi connectivity index (χ4v) is 3.08. The minimum absolute atomic E-state index is 0.0797. The molecule has 1 aliphatic heterocycles. The van der Waals surface area contributed by atoms with Crippen LogP contribution in [0, 0.1) is 11.8 Å². The van der Waals surface area contributed by atoms with Crippen molar-refractivity contribution in [2.75, 3.05) is 6.61 Å². The van der Waals surface area contributed by atoms with Gasteiger partial charge in [-0.15, -0.1) is 9.35 Å². The first-order valence-corrected chi connectivity index (χ1v) is 9.42. The van der Waals surface area contributed by atoms with E-state index in [0.717, 1.165) is 0 Å². The van der Waals surface area contributed by atoms with Crippen molar-refractivity contribution in [3.05, 3.63) is 47.0 Å². The largest absolute Gasteiger partial charge is 0.525 e. The summed E-state index contributed by atoms with van der Waals surface area (Å²) in [6.07, 6.45) is 0. The van der Waals surface area contributed by atoms with Gasteiger partial charge in [0.05, 0.1) is 11.1 Å². The van der Waals surface area contributed by atoms with Crippen LogP contribution >= 0.6 is 0 Å².